The fraction of sp³-hybridized carbons (Fsp3) is 0.400. The first-order valence-corrected chi connectivity index (χ1v) is 5.79. The molecule has 0 heterocycles. The number of rotatable bonds is 5. The average molecular weight is 307 g/mol. The summed E-state index contributed by atoms with van der Waals surface area (Å²) in [6.45, 7) is 2.42. The van der Waals surface area contributed by atoms with Gasteiger partial charge >= 0.3 is 0 Å². The minimum absolute atomic E-state index is 0.125. The van der Waals surface area contributed by atoms with Crippen molar-refractivity contribution in [3.63, 3.8) is 0 Å². The summed E-state index contributed by atoms with van der Waals surface area (Å²) in [6.07, 6.45) is 0. The Balaban J connectivity index is 3.28. The maximum atomic E-state index is 13.3. The molecule has 1 aromatic carbocycles. The molecule has 0 atom stereocenters. The Labute approximate surface area is 106 Å². The van der Waals surface area contributed by atoms with Crippen molar-refractivity contribution in [2.75, 3.05) is 24.6 Å². The molecule has 1 aromatic rings. The molecule has 0 aromatic heterocycles. The van der Waals surface area contributed by atoms with E-state index in [1.807, 2.05) is 0 Å². The molecule has 0 amide bonds. The van der Waals surface area contributed by atoms with Crippen LogP contribution in [0, 0.1) is 15.9 Å². The van der Waals surface area contributed by atoms with Gasteiger partial charge < -0.3 is 10.0 Å². The topological polar surface area (TPSA) is 66.6 Å². The lowest BCUT2D eigenvalue weighted by molar-refractivity contribution is -0.384. The highest BCUT2D eigenvalue weighted by atomic mass is 79.9. The third-order valence-electron chi connectivity index (χ3n) is 2.31. The summed E-state index contributed by atoms with van der Waals surface area (Å²) in [7, 11) is 0. The standard InChI is InChI=1S/C10H12BrFN2O3/c1-2-13(3-4-15)9-5-7(11)8(12)6-10(9)14(16)17/h5-6,15H,2-4H2,1H3. The van der Waals surface area contributed by atoms with Gasteiger partial charge in [0.2, 0.25) is 0 Å². The first-order valence-electron chi connectivity index (χ1n) is 5.00. The van der Waals surface area contributed by atoms with Crippen molar-refractivity contribution in [1.82, 2.24) is 0 Å². The van der Waals surface area contributed by atoms with Crippen LogP contribution in [0.25, 0.3) is 0 Å². The van der Waals surface area contributed by atoms with Crippen LogP contribution in [0.1, 0.15) is 6.92 Å². The lowest BCUT2D eigenvalue weighted by Crippen LogP contribution is -2.27. The zero-order valence-corrected chi connectivity index (χ0v) is 10.8. The van der Waals surface area contributed by atoms with Crippen LogP contribution in [-0.4, -0.2) is 29.7 Å². The highest BCUT2D eigenvalue weighted by Crippen LogP contribution is 2.33. The molecule has 0 aliphatic rings. The normalized spacial score (nSPS) is 10.4. The van der Waals surface area contributed by atoms with Gasteiger partial charge in [-0.1, -0.05) is 0 Å². The van der Waals surface area contributed by atoms with E-state index in [-0.39, 0.29) is 23.3 Å². The summed E-state index contributed by atoms with van der Waals surface area (Å²) in [5.74, 6) is -0.680. The SMILES string of the molecule is CCN(CCO)c1cc(Br)c(F)cc1[N+](=O)[O-]. The third-order valence-corrected chi connectivity index (χ3v) is 2.91. The summed E-state index contributed by atoms with van der Waals surface area (Å²) in [4.78, 5) is 11.8. The zero-order valence-electron chi connectivity index (χ0n) is 9.19. The number of halogens is 2. The Morgan fingerprint density at radius 3 is 2.71 bits per heavy atom. The summed E-state index contributed by atoms with van der Waals surface area (Å²) in [6, 6.07) is 2.23. The molecule has 1 rings (SSSR count). The van der Waals surface area contributed by atoms with Gasteiger partial charge in [-0.25, -0.2) is 4.39 Å². The summed E-state index contributed by atoms with van der Waals surface area (Å²) < 4.78 is 13.4. The Morgan fingerprint density at radius 2 is 2.24 bits per heavy atom. The highest BCUT2D eigenvalue weighted by molar-refractivity contribution is 9.10. The van der Waals surface area contributed by atoms with Gasteiger partial charge in [0.15, 0.2) is 0 Å². The second-order valence-corrected chi connectivity index (χ2v) is 4.17. The van der Waals surface area contributed by atoms with E-state index in [9.17, 15) is 14.5 Å². The van der Waals surface area contributed by atoms with Crippen LogP contribution in [0.4, 0.5) is 15.8 Å². The van der Waals surface area contributed by atoms with Gasteiger partial charge in [0.1, 0.15) is 11.5 Å². The second kappa shape index (κ2) is 5.92. The molecule has 5 nitrogen and oxygen atoms in total. The minimum atomic E-state index is -0.680. The Kier molecular flexibility index (Phi) is 4.83. The predicted molar refractivity (Wildman–Crippen MR) is 65.7 cm³/mol. The number of likely N-dealkylation sites (N-methyl/N-ethyl adjacent to an activating group) is 1. The quantitative estimate of drug-likeness (QED) is 0.669. The van der Waals surface area contributed by atoms with Crippen molar-refractivity contribution in [1.29, 1.82) is 0 Å². The van der Waals surface area contributed by atoms with Crippen LogP contribution in [-0.2, 0) is 0 Å². The van der Waals surface area contributed by atoms with Crippen LogP contribution in [0.2, 0.25) is 0 Å². The van der Waals surface area contributed by atoms with E-state index in [1.165, 1.54) is 6.07 Å². The molecule has 1 N–H and O–H groups in total. The summed E-state index contributed by atoms with van der Waals surface area (Å²) in [5.41, 5.74) is -0.0131. The molecule has 0 saturated heterocycles. The van der Waals surface area contributed by atoms with Crippen molar-refractivity contribution >= 4 is 27.3 Å². The zero-order chi connectivity index (χ0) is 13.0. The molecular formula is C10H12BrFN2O3. The largest absolute Gasteiger partial charge is 0.395 e. The van der Waals surface area contributed by atoms with E-state index in [4.69, 9.17) is 5.11 Å². The molecule has 0 radical (unpaired) electrons. The number of anilines is 1. The van der Waals surface area contributed by atoms with Gasteiger partial charge in [-0.15, -0.1) is 0 Å². The third kappa shape index (κ3) is 3.13. The van der Waals surface area contributed by atoms with Crippen LogP contribution >= 0.6 is 15.9 Å². The van der Waals surface area contributed by atoms with Crippen molar-refractivity contribution < 1.29 is 14.4 Å². The Bertz CT molecular complexity index is 428. The maximum Gasteiger partial charge on any atom is 0.295 e. The number of nitro groups is 1. The summed E-state index contributed by atoms with van der Waals surface area (Å²) >= 11 is 2.99. The number of hydrogen-bond donors (Lipinski definition) is 1. The Hall–Kier alpha value is -1.21. The number of aliphatic hydroxyl groups excluding tert-OH is 1. The smallest absolute Gasteiger partial charge is 0.295 e. The van der Waals surface area contributed by atoms with Crippen molar-refractivity contribution in [2.24, 2.45) is 0 Å². The molecule has 0 saturated carbocycles. The van der Waals surface area contributed by atoms with E-state index >= 15 is 0 Å². The van der Waals surface area contributed by atoms with E-state index in [0.29, 0.717) is 12.2 Å². The number of aliphatic hydroxyl groups is 1. The first-order chi connectivity index (χ1) is 8.01. The van der Waals surface area contributed by atoms with E-state index in [2.05, 4.69) is 15.9 Å². The van der Waals surface area contributed by atoms with Crippen LogP contribution < -0.4 is 4.90 Å². The molecule has 0 fully saturated rings. The Morgan fingerprint density at radius 1 is 1.59 bits per heavy atom. The maximum absolute atomic E-state index is 13.3. The molecule has 0 aliphatic carbocycles. The molecule has 0 aliphatic heterocycles. The number of hydrogen-bond acceptors (Lipinski definition) is 4. The van der Waals surface area contributed by atoms with Gasteiger partial charge in [-0.05, 0) is 28.9 Å². The fourth-order valence-corrected chi connectivity index (χ4v) is 1.83. The monoisotopic (exact) mass is 306 g/mol. The van der Waals surface area contributed by atoms with Crippen molar-refractivity contribution in [3.8, 4) is 0 Å². The molecule has 0 bridgehead atoms. The fourth-order valence-electron chi connectivity index (χ4n) is 1.49. The average Bonchev–Trinajstić information content (AvgIpc) is 2.29. The highest BCUT2D eigenvalue weighted by Gasteiger charge is 2.21. The van der Waals surface area contributed by atoms with E-state index in [0.717, 1.165) is 6.07 Å². The molecule has 7 heteroatoms. The van der Waals surface area contributed by atoms with Gasteiger partial charge in [-0.3, -0.25) is 10.1 Å². The van der Waals surface area contributed by atoms with E-state index in [1.54, 1.807) is 11.8 Å². The number of nitrogens with zero attached hydrogens (tertiary/aromatic N) is 2. The molecule has 0 unspecified atom stereocenters. The predicted octanol–water partition coefficient (Wildman–Crippen LogP) is 2.32. The second-order valence-electron chi connectivity index (χ2n) is 3.32. The van der Waals surface area contributed by atoms with Crippen LogP contribution in [0.15, 0.2) is 16.6 Å². The molecule has 94 valence electrons. The van der Waals surface area contributed by atoms with Gasteiger partial charge in [0.05, 0.1) is 22.1 Å². The molecule has 17 heavy (non-hydrogen) atoms. The number of nitro benzene ring substituents is 1. The lowest BCUT2D eigenvalue weighted by Gasteiger charge is -2.21. The van der Waals surface area contributed by atoms with Crippen molar-refractivity contribution in [3.05, 3.63) is 32.5 Å². The summed E-state index contributed by atoms with van der Waals surface area (Å²) in [5, 5.41) is 19.7. The van der Waals surface area contributed by atoms with Gasteiger partial charge in [-0.2, -0.15) is 0 Å². The van der Waals surface area contributed by atoms with Gasteiger partial charge in [0.25, 0.3) is 5.69 Å². The van der Waals surface area contributed by atoms with Crippen LogP contribution in [0.5, 0.6) is 0 Å². The molecule has 0 spiro atoms. The first kappa shape index (κ1) is 13.9. The van der Waals surface area contributed by atoms with Crippen molar-refractivity contribution in [2.45, 2.75) is 6.92 Å². The van der Waals surface area contributed by atoms with Crippen LogP contribution in [0.3, 0.4) is 0 Å². The van der Waals surface area contributed by atoms with E-state index < -0.39 is 10.7 Å². The minimum Gasteiger partial charge on any atom is -0.395 e. The number of benzene rings is 1. The lowest BCUT2D eigenvalue weighted by atomic mass is 10.2. The molecular weight excluding hydrogens is 295 g/mol. The van der Waals surface area contributed by atoms with Gasteiger partial charge in [0, 0.05) is 13.1 Å².